The van der Waals surface area contributed by atoms with Crippen LogP contribution < -0.4 is 10.1 Å². The third-order valence-electron chi connectivity index (χ3n) is 8.10. The highest BCUT2D eigenvalue weighted by Gasteiger charge is 2.25. The number of carbonyl (C=O) groups is 1. The van der Waals surface area contributed by atoms with Crippen molar-refractivity contribution >= 4 is 37.6 Å². The van der Waals surface area contributed by atoms with Gasteiger partial charge in [-0.05, 0) is 97.5 Å². The van der Waals surface area contributed by atoms with Crippen molar-refractivity contribution in [3.8, 4) is 16.9 Å². The lowest BCUT2D eigenvalue weighted by molar-refractivity contribution is -0.112. The molecule has 0 atom stereocenters. The zero-order valence-electron chi connectivity index (χ0n) is 28.3. The number of hydrogen-bond donors (Lipinski definition) is 2. The number of carbonyl (C=O) groups excluding carboxylic acids is 1. The summed E-state index contributed by atoms with van der Waals surface area (Å²) in [5.41, 5.74) is 4.57. The Hall–Kier alpha value is -3.59. The van der Waals surface area contributed by atoms with Gasteiger partial charge in [0.15, 0.2) is 9.84 Å². The molecule has 0 bridgehead atoms. The molecule has 0 aromatic heterocycles. The molecule has 0 radical (unpaired) electrons. The van der Waals surface area contributed by atoms with Gasteiger partial charge in [-0.2, -0.15) is 8.42 Å². The molecule has 1 amide bonds. The maximum absolute atomic E-state index is 13.3. The molecule has 0 spiro atoms. The first-order chi connectivity index (χ1) is 23.3. The van der Waals surface area contributed by atoms with Crippen LogP contribution in [0.2, 0.25) is 0 Å². The highest BCUT2D eigenvalue weighted by atomic mass is 32.2. The summed E-state index contributed by atoms with van der Waals surface area (Å²) in [6.07, 6.45) is 5.62. The summed E-state index contributed by atoms with van der Waals surface area (Å²) in [5.74, 6) is 0.323. The van der Waals surface area contributed by atoms with E-state index in [2.05, 4.69) is 24.2 Å². The molecule has 2 aliphatic rings. The van der Waals surface area contributed by atoms with Gasteiger partial charge >= 0.3 is 0 Å². The lowest BCUT2D eigenvalue weighted by Gasteiger charge is -2.31. The van der Waals surface area contributed by atoms with E-state index in [0.29, 0.717) is 42.3 Å². The quantitative estimate of drug-likeness (QED) is 0.183. The van der Waals surface area contributed by atoms with E-state index in [9.17, 15) is 21.6 Å². The van der Waals surface area contributed by atoms with Crippen molar-refractivity contribution in [2.45, 2.75) is 50.1 Å². The number of nitrogens with one attached hydrogen (secondary N) is 1. The van der Waals surface area contributed by atoms with E-state index >= 15 is 0 Å². The topological polar surface area (TPSA) is 149 Å². The fraction of sp³-hybridized carbons (Fsp3) is 0.417. The molecule has 0 unspecified atom stereocenters. The molecule has 2 N–H and O–H groups in total. The van der Waals surface area contributed by atoms with Crippen LogP contribution in [0.4, 0.5) is 5.69 Å². The van der Waals surface area contributed by atoms with Crippen LogP contribution in [-0.4, -0.2) is 90.3 Å². The van der Waals surface area contributed by atoms with Gasteiger partial charge in [-0.1, -0.05) is 37.3 Å². The Kier molecular flexibility index (Phi) is 13.9. The van der Waals surface area contributed by atoms with Crippen LogP contribution in [0.15, 0.2) is 77.2 Å². The molecule has 11 nitrogen and oxygen atoms in total. The maximum atomic E-state index is 13.3. The minimum Gasteiger partial charge on any atom is -0.491 e. The molecule has 1 fully saturated rings. The van der Waals surface area contributed by atoms with Gasteiger partial charge in [0.1, 0.15) is 12.4 Å². The number of benzene rings is 3. The van der Waals surface area contributed by atoms with Gasteiger partial charge in [0.2, 0.25) is 0 Å². The summed E-state index contributed by atoms with van der Waals surface area (Å²) in [6.45, 7) is 6.24. The average molecular weight is 715 g/mol. The SMILES string of the molecule is CCCOCCOc1ccc(-c2ccc3c(c2)C=C(C(=O)Nc2ccc(CN(C)C4CCOCC4)cc2)CCS3(=O)=O)cc1.CS(=O)(=O)O. The number of rotatable bonds is 12. The van der Waals surface area contributed by atoms with E-state index in [-0.39, 0.29) is 23.0 Å². The first kappa shape index (κ1) is 38.2. The Labute approximate surface area is 289 Å². The molecule has 0 aliphatic carbocycles. The molecule has 3 aromatic carbocycles. The summed E-state index contributed by atoms with van der Waals surface area (Å²) in [5, 5.41) is 2.97. The number of hydrogen-bond acceptors (Lipinski definition) is 9. The minimum atomic E-state index is -3.67. The highest BCUT2D eigenvalue weighted by Crippen LogP contribution is 2.32. The van der Waals surface area contributed by atoms with Crippen molar-refractivity contribution in [3.05, 3.63) is 83.4 Å². The van der Waals surface area contributed by atoms with Gasteiger partial charge in [0.25, 0.3) is 16.0 Å². The second-order valence-corrected chi connectivity index (χ2v) is 15.7. The number of nitrogens with zero attached hydrogens (tertiary/aromatic N) is 1. The molecule has 1 saturated heterocycles. The van der Waals surface area contributed by atoms with E-state index in [1.807, 2.05) is 60.7 Å². The Morgan fingerprint density at radius 2 is 1.63 bits per heavy atom. The third-order valence-corrected chi connectivity index (χ3v) is 9.88. The van der Waals surface area contributed by atoms with Crippen molar-refractivity contribution in [1.82, 2.24) is 4.90 Å². The van der Waals surface area contributed by atoms with Crippen LogP contribution in [-0.2, 0) is 40.8 Å². The monoisotopic (exact) mass is 714 g/mol. The van der Waals surface area contributed by atoms with Crippen LogP contribution in [0, 0.1) is 0 Å². The molecule has 49 heavy (non-hydrogen) atoms. The Bertz CT molecular complexity index is 1780. The Morgan fingerprint density at radius 1 is 0.980 bits per heavy atom. The summed E-state index contributed by atoms with van der Waals surface area (Å²) in [4.78, 5) is 15.9. The fourth-order valence-electron chi connectivity index (χ4n) is 5.57. The number of ether oxygens (including phenoxy) is 3. The lowest BCUT2D eigenvalue weighted by Crippen LogP contribution is -2.36. The maximum Gasteiger partial charge on any atom is 0.261 e. The van der Waals surface area contributed by atoms with E-state index in [1.165, 1.54) is 5.56 Å². The second kappa shape index (κ2) is 17.9. The molecule has 13 heteroatoms. The summed E-state index contributed by atoms with van der Waals surface area (Å²) < 4.78 is 68.8. The zero-order valence-corrected chi connectivity index (χ0v) is 29.9. The molecular weight excluding hydrogens is 669 g/mol. The Morgan fingerprint density at radius 3 is 2.29 bits per heavy atom. The predicted octanol–water partition coefficient (Wildman–Crippen LogP) is 5.47. The van der Waals surface area contributed by atoms with Crippen LogP contribution in [0.1, 0.15) is 43.7 Å². The number of fused-ring (bicyclic) bond motifs is 1. The summed E-state index contributed by atoms with van der Waals surface area (Å²) >= 11 is 0. The highest BCUT2D eigenvalue weighted by molar-refractivity contribution is 7.91. The van der Waals surface area contributed by atoms with Crippen LogP contribution in [0.5, 0.6) is 5.75 Å². The predicted molar refractivity (Wildman–Crippen MR) is 191 cm³/mol. The molecule has 0 saturated carbocycles. The summed E-state index contributed by atoms with van der Waals surface area (Å²) in [7, 11) is -5.07. The van der Waals surface area contributed by atoms with Crippen LogP contribution >= 0.6 is 0 Å². The van der Waals surface area contributed by atoms with E-state index in [4.69, 9.17) is 18.8 Å². The van der Waals surface area contributed by atoms with Crippen molar-refractivity contribution in [2.75, 3.05) is 57.4 Å². The van der Waals surface area contributed by atoms with Crippen molar-refractivity contribution < 1.29 is 40.4 Å². The smallest absolute Gasteiger partial charge is 0.261 e. The molecular formula is C36H46N2O9S2. The first-order valence-corrected chi connectivity index (χ1v) is 19.8. The normalized spacial score (nSPS) is 16.1. The summed E-state index contributed by atoms with van der Waals surface area (Å²) in [6, 6.07) is 21.3. The van der Waals surface area contributed by atoms with Crippen LogP contribution in [0.3, 0.4) is 0 Å². The van der Waals surface area contributed by atoms with Crippen molar-refractivity contribution in [3.63, 3.8) is 0 Å². The standard InChI is InChI=1S/C35H42N2O6S.CH4O3S/c1-3-17-41-20-21-43-33-11-6-27(7-12-33)28-8-13-34-30(23-28)24-29(16-22-44(34,39)40)35(38)36-31-9-4-26(5-10-31)25-37(2)32-14-18-42-19-15-32;1-5(2,3)4/h4-13,23-24,32H,3,14-22,25H2,1-2H3,(H,36,38);1H3,(H,2,3,4). The molecule has 5 rings (SSSR count). The molecule has 266 valence electrons. The van der Waals surface area contributed by atoms with E-state index in [1.54, 1.807) is 12.1 Å². The zero-order chi connectivity index (χ0) is 35.4. The van der Waals surface area contributed by atoms with Crippen molar-refractivity contribution in [2.24, 2.45) is 0 Å². The van der Waals surface area contributed by atoms with Gasteiger partial charge in [-0.3, -0.25) is 14.2 Å². The van der Waals surface area contributed by atoms with Gasteiger partial charge < -0.3 is 19.5 Å². The fourth-order valence-corrected chi connectivity index (χ4v) is 7.03. The first-order valence-electron chi connectivity index (χ1n) is 16.3. The third kappa shape index (κ3) is 12.4. The lowest BCUT2D eigenvalue weighted by atomic mass is 10.0. The Balaban J connectivity index is 0.00000101. The van der Waals surface area contributed by atoms with Gasteiger partial charge in [0, 0.05) is 43.7 Å². The van der Waals surface area contributed by atoms with Crippen molar-refractivity contribution in [1.29, 1.82) is 0 Å². The number of sulfone groups is 1. The number of amides is 1. The molecule has 2 heterocycles. The average Bonchev–Trinajstić information content (AvgIpc) is 3.20. The minimum absolute atomic E-state index is 0.121. The van der Waals surface area contributed by atoms with Gasteiger partial charge in [0.05, 0.1) is 23.5 Å². The van der Waals surface area contributed by atoms with E-state index < -0.39 is 20.0 Å². The number of anilines is 1. The van der Waals surface area contributed by atoms with Crippen LogP contribution in [0.25, 0.3) is 17.2 Å². The second-order valence-electron chi connectivity index (χ2n) is 12.1. The van der Waals surface area contributed by atoms with Gasteiger partial charge in [-0.25, -0.2) is 8.42 Å². The van der Waals surface area contributed by atoms with E-state index in [0.717, 1.165) is 62.5 Å². The molecule has 3 aromatic rings. The van der Waals surface area contributed by atoms with Gasteiger partial charge in [-0.15, -0.1) is 0 Å². The molecule has 2 aliphatic heterocycles. The largest absolute Gasteiger partial charge is 0.491 e.